The van der Waals surface area contributed by atoms with Gasteiger partial charge in [-0.2, -0.15) is 0 Å². The molecular weight excluding hydrogens is 420 g/mol. The van der Waals surface area contributed by atoms with Crippen molar-refractivity contribution in [2.24, 2.45) is 0 Å². The minimum atomic E-state index is -1.09. The van der Waals surface area contributed by atoms with Crippen molar-refractivity contribution in [3.8, 4) is 11.1 Å². The quantitative estimate of drug-likeness (QED) is 0.556. The summed E-state index contributed by atoms with van der Waals surface area (Å²) in [6.45, 7) is 1.76. The molecule has 0 aromatic heterocycles. The van der Waals surface area contributed by atoms with E-state index in [2.05, 4.69) is 17.4 Å². The molecule has 3 aromatic carbocycles. The summed E-state index contributed by atoms with van der Waals surface area (Å²) in [5.74, 6) is -1.56. The lowest BCUT2D eigenvalue weighted by Gasteiger charge is -2.19. The van der Waals surface area contributed by atoms with Gasteiger partial charge in [-0.05, 0) is 47.4 Å². The molecule has 33 heavy (non-hydrogen) atoms. The average Bonchev–Trinajstić information content (AvgIpc) is 3.14. The van der Waals surface area contributed by atoms with Crippen molar-refractivity contribution in [3.63, 3.8) is 0 Å². The fourth-order valence-electron chi connectivity index (χ4n) is 4.16. The fraction of sp³-hybridized carbons (Fsp3) is 0.192. The minimum Gasteiger partial charge on any atom is -0.480 e. The first kappa shape index (κ1) is 22.1. The number of likely N-dealkylation sites (N-methyl/N-ethyl adjacent to an activating group) is 1. The summed E-state index contributed by atoms with van der Waals surface area (Å²) in [6, 6.07) is 22.5. The molecule has 7 nitrogen and oxygen atoms in total. The van der Waals surface area contributed by atoms with E-state index in [1.54, 1.807) is 25.1 Å². The SMILES string of the molecule is CCN(CC(=O)O)C(=O)c1cccc(NC(=O)OCC2c3ccccc3-c3ccccc32)c1. The number of anilines is 1. The summed E-state index contributed by atoms with van der Waals surface area (Å²) in [5, 5.41) is 11.6. The number of carboxylic acids is 1. The van der Waals surface area contributed by atoms with E-state index < -0.39 is 18.0 Å². The Bertz CT molecular complexity index is 1160. The monoisotopic (exact) mass is 444 g/mol. The van der Waals surface area contributed by atoms with E-state index in [1.807, 2.05) is 36.4 Å². The zero-order valence-electron chi connectivity index (χ0n) is 18.2. The number of amides is 2. The van der Waals surface area contributed by atoms with Crippen LogP contribution in [0.2, 0.25) is 0 Å². The van der Waals surface area contributed by atoms with E-state index in [-0.39, 0.29) is 31.2 Å². The second-order valence-electron chi connectivity index (χ2n) is 7.74. The van der Waals surface area contributed by atoms with Crippen LogP contribution in [0.25, 0.3) is 11.1 Å². The van der Waals surface area contributed by atoms with Gasteiger partial charge >= 0.3 is 12.1 Å². The van der Waals surface area contributed by atoms with E-state index in [0.29, 0.717) is 5.69 Å². The number of rotatable bonds is 7. The Labute approximate surface area is 191 Å². The fourth-order valence-corrected chi connectivity index (χ4v) is 4.16. The van der Waals surface area contributed by atoms with Gasteiger partial charge in [-0.25, -0.2) is 4.79 Å². The van der Waals surface area contributed by atoms with Crippen molar-refractivity contribution in [2.45, 2.75) is 12.8 Å². The van der Waals surface area contributed by atoms with Crippen LogP contribution in [-0.4, -0.2) is 47.7 Å². The molecule has 0 radical (unpaired) electrons. The molecule has 0 aliphatic heterocycles. The van der Waals surface area contributed by atoms with Gasteiger partial charge in [-0.1, -0.05) is 54.6 Å². The molecule has 0 saturated carbocycles. The van der Waals surface area contributed by atoms with Crippen LogP contribution in [0.3, 0.4) is 0 Å². The maximum atomic E-state index is 12.6. The Morgan fingerprint density at radius 1 is 0.939 bits per heavy atom. The highest BCUT2D eigenvalue weighted by Gasteiger charge is 2.29. The number of fused-ring (bicyclic) bond motifs is 3. The largest absolute Gasteiger partial charge is 0.480 e. The van der Waals surface area contributed by atoms with Crippen LogP contribution in [-0.2, 0) is 9.53 Å². The lowest BCUT2D eigenvalue weighted by atomic mass is 9.98. The smallest absolute Gasteiger partial charge is 0.411 e. The van der Waals surface area contributed by atoms with Crippen LogP contribution < -0.4 is 5.32 Å². The molecule has 0 fully saturated rings. The lowest BCUT2D eigenvalue weighted by Crippen LogP contribution is -2.35. The highest BCUT2D eigenvalue weighted by Crippen LogP contribution is 2.44. The average molecular weight is 444 g/mol. The zero-order valence-corrected chi connectivity index (χ0v) is 18.2. The number of carbonyl (C=O) groups excluding carboxylic acids is 2. The number of aliphatic carboxylic acids is 1. The zero-order chi connectivity index (χ0) is 23.4. The normalized spacial score (nSPS) is 11.9. The third kappa shape index (κ3) is 4.72. The van der Waals surface area contributed by atoms with Crippen LogP contribution >= 0.6 is 0 Å². The molecule has 3 aromatic rings. The van der Waals surface area contributed by atoms with Gasteiger partial charge in [-0.15, -0.1) is 0 Å². The molecule has 7 heteroatoms. The number of nitrogens with one attached hydrogen (secondary N) is 1. The predicted octanol–water partition coefficient (Wildman–Crippen LogP) is 4.59. The number of carboxylic acid groups (broad SMARTS) is 1. The first-order valence-electron chi connectivity index (χ1n) is 10.7. The summed E-state index contributed by atoms with van der Waals surface area (Å²) >= 11 is 0. The summed E-state index contributed by atoms with van der Waals surface area (Å²) < 4.78 is 5.54. The van der Waals surface area contributed by atoms with Crippen molar-refractivity contribution in [1.82, 2.24) is 4.90 Å². The van der Waals surface area contributed by atoms with E-state index in [1.165, 1.54) is 11.0 Å². The van der Waals surface area contributed by atoms with Crippen molar-refractivity contribution in [3.05, 3.63) is 89.5 Å². The molecule has 1 aliphatic carbocycles. The lowest BCUT2D eigenvalue weighted by molar-refractivity contribution is -0.137. The number of hydrogen-bond donors (Lipinski definition) is 2. The summed E-state index contributed by atoms with van der Waals surface area (Å²) in [6.07, 6.45) is -0.626. The Morgan fingerprint density at radius 3 is 2.18 bits per heavy atom. The Balaban J connectivity index is 1.43. The molecule has 2 amide bonds. The Hall–Kier alpha value is -4.13. The first-order chi connectivity index (χ1) is 16.0. The Kier molecular flexibility index (Phi) is 6.40. The Morgan fingerprint density at radius 2 is 1.58 bits per heavy atom. The topological polar surface area (TPSA) is 95.9 Å². The van der Waals surface area contributed by atoms with Gasteiger partial charge < -0.3 is 14.7 Å². The highest BCUT2D eigenvalue weighted by molar-refractivity contribution is 5.97. The van der Waals surface area contributed by atoms with Gasteiger partial charge in [0.2, 0.25) is 0 Å². The number of nitrogens with zero attached hydrogens (tertiary/aromatic N) is 1. The molecule has 0 atom stereocenters. The van der Waals surface area contributed by atoms with Crippen LogP contribution in [0.15, 0.2) is 72.8 Å². The third-order valence-corrected chi connectivity index (χ3v) is 5.69. The summed E-state index contributed by atoms with van der Waals surface area (Å²) in [5.41, 5.74) is 5.22. The van der Waals surface area contributed by atoms with Gasteiger partial charge in [-0.3, -0.25) is 14.9 Å². The van der Waals surface area contributed by atoms with Gasteiger partial charge in [0.25, 0.3) is 5.91 Å². The molecule has 4 rings (SSSR count). The molecule has 2 N–H and O–H groups in total. The van der Waals surface area contributed by atoms with E-state index >= 15 is 0 Å². The molecule has 0 spiro atoms. The minimum absolute atomic E-state index is 0.0507. The molecule has 0 bridgehead atoms. The van der Waals surface area contributed by atoms with E-state index in [0.717, 1.165) is 22.3 Å². The third-order valence-electron chi connectivity index (χ3n) is 5.69. The van der Waals surface area contributed by atoms with Crippen LogP contribution in [0.4, 0.5) is 10.5 Å². The van der Waals surface area contributed by atoms with Crippen molar-refractivity contribution in [2.75, 3.05) is 25.0 Å². The van der Waals surface area contributed by atoms with Crippen molar-refractivity contribution in [1.29, 1.82) is 0 Å². The summed E-state index contributed by atoms with van der Waals surface area (Å²) in [7, 11) is 0. The molecule has 168 valence electrons. The van der Waals surface area contributed by atoms with Crippen LogP contribution in [0.1, 0.15) is 34.3 Å². The predicted molar refractivity (Wildman–Crippen MR) is 124 cm³/mol. The number of benzene rings is 3. The molecule has 0 heterocycles. The van der Waals surface area contributed by atoms with Gasteiger partial charge in [0.1, 0.15) is 13.2 Å². The number of hydrogen-bond acceptors (Lipinski definition) is 4. The highest BCUT2D eigenvalue weighted by atomic mass is 16.5. The number of ether oxygens (including phenoxy) is 1. The van der Waals surface area contributed by atoms with Gasteiger partial charge in [0, 0.05) is 23.7 Å². The van der Waals surface area contributed by atoms with Crippen molar-refractivity contribution < 1.29 is 24.2 Å². The second-order valence-corrected chi connectivity index (χ2v) is 7.74. The maximum absolute atomic E-state index is 12.6. The molecular formula is C26H24N2O5. The molecule has 0 unspecified atom stereocenters. The van der Waals surface area contributed by atoms with E-state index in [4.69, 9.17) is 9.84 Å². The molecule has 0 saturated heterocycles. The maximum Gasteiger partial charge on any atom is 0.411 e. The van der Waals surface area contributed by atoms with E-state index in [9.17, 15) is 14.4 Å². The van der Waals surface area contributed by atoms with Crippen LogP contribution in [0.5, 0.6) is 0 Å². The van der Waals surface area contributed by atoms with Crippen LogP contribution in [0, 0.1) is 0 Å². The second kappa shape index (κ2) is 9.56. The first-order valence-corrected chi connectivity index (χ1v) is 10.7. The standard InChI is InChI=1S/C26H24N2O5/c1-2-28(15-24(29)30)25(31)17-8-7-9-18(14-17)27-26(32)33-16-23-21-12-5-3-10-19(21)20-11-4-6-13-22(20)23/h3-14,23H,2,15-16H2,1H3,(H,27,32)(H,29,30). The van der Waals surface area contributed by atoms with Crippen molar-refractivity contribution >= 4 is 23.7 Å². The number of carbonyl (C=O) groups is 3. The molecule has 1 aliphatic rings. The summed E-state index contributed by atoms with van der Waals surface area (Å²) in [4.78, 5) is 37.3. The van der Waals surface area contributed by atoms with Gasteiger partial charge in [0.05, 0.1) is 0 Å². The van der Waals surface area contributed by atoms with Gasteiger partial charge in [0.15, 0.2) is 0 Å².